The van der Waals surface area contributed by atoms with Crippen molar-refractivity contribution in [1.82, 2.24) is 9.97 Å². The first-order chi connectivity index (χ1) is 7.87. The Labute approximate surface area is 99.4 Å². The van der Waals surface area contributed by atoms with Crippen molar-refractivity contribution in [2.45, 2.75) is 33.1 Å². The van der Waals surface area contributed by atoms with Gasteiger partial charge in [-0.3, -0.25) is 9.59 Å². The van der Waals surface area contributed by atoms with Crippen molar-refractivity contribution in [2.75, 3.05) is 0 Å². The molecule has 5 heteroatoms. The molecule has 0 fully saturated rings. The Bertz CT molecular complexity index is 495. The highest BCUT2D eigenvalue weighted by atomic mass is 16.1. The van der Waals surface area contributed by atoms with Crippen molar-refractivity contribution in [2.24, 2.45) is 11.1 Å². The third-order valence-electron chi connectivity index (χ3n) is 2.84. The number of Topliss-reactive ketones (excluding diaryl/α,β-unsaturated/α-hetero) is 1. The molecule has 17 heavy (non-hydrogen) atoms. The van der Waals surface area contributed by atoms with Crippen LogP contribution in [0, 0.1) is 5.41 Å². The maximum atomic E-state index is 11.9. The molecule has 0 unspecified atom stereocenters. The third kappa shape index (κ3) is 2.49. The second-order valence-electron chi connectivity index (χ2n) is 5.23. The number of primary amides is 1. The van der Waals surface area contributed by atoms with Gasteiger partial charge in [0.05, 0.1) is 17.7 Å². The molecule has 2 N–H and O–H groups in total. The van der Waals surface area contributed by atoms with Gasteiger partial charge >= 0.3 is 0 Å². The zero-order valence-electron chi connectivity index (χ0n) is 9.99. The number of rotatable bonds is 2. The van der Waals surface area contributed by atoms with Crippen molar-refractivity contribution in [3.05, 3.63) is 23.3 Å². The number of aromatic nitrogens is 2. The fourth-order valence-corrected chi connectivity index (χ4v) is 2.11. The number of carbonyl (C=O) groups excluding carboxylic acids is 2. The van der Waals surface area contributed by atoms with Gasteiger partial charge in [0, 0.05) is 12.6 Å². The van der Waals surface area contributed by atoms with E-state index in [4.69, 9.17) is 5.73 Å². The summed E-state index contributed by atoms with van der Waals surface area (Å²) in [6.07, 6.45) is 2.76. The van der Waals surface area contributed by atoms with Gasteiger partial charge in [-0.1, -0.05) is 13.8 Å². The van der Waals surface area contributed by atoms with Crippen LogP contribution in [0.15, 0.2) is 6.20 Å². The van der Waals surface area contributed by atoms with Crippen LogP contribution in [0.2, 0.25) is 0 Å². The number of fused-ring (bicyclic) bond motifs is 1. The summed E-state index contributed by atoms with van der Waals surface area (Å²) in [4.78, 5) is 30.9. The molecule has 0 aliphatic heterocycles. The first kappa shape index (κ1) is 11.7. The summed E-state index contributed by atoms with van der Waals surface area (Å²) in [6.45, 7) is 4.06. The molecular formula is C12H15N3O2. The largest absolute Gasteiger partial charge is 0.369 e. The first-order valence-electron chi connectivity index (χ1n) is 5.54. The summed E-state index contributed by atoms with van der Waals surface area (Å²) in [5.74, 6) is -0.00466. The van der Waals surface area contributed by atoms with Crippen LogP contribution in [0.4, 0.5) is 0 Å². The average Bonchev–Trinajstić information content (AvgIpc) is 2.13. The van der Waals surface area contributed by atoms with Gasteiger partial charge in [0.1, 0.15) is 5.82 Å². The molecule has 1 aliphatic carbocycles. The normalized spacial score (nSPS) is 17.6. The zero-order valence-corrected chi connectivity index (χ0v) is 9.99. The summed E-state index contributed by atoms with van der Waals surface area (Å²) < 4.78 is 0. The quantitative estimate of drug-likeness (QED) is 0.813. The Morgan fingerprint density at radius 3 is 2.82 bits per heavy atom. The number of carbonyl (C=O) groups is 2. The molecule has 90 valence electrons. The number of ketones is 1. The van der Waals surface area contributed by atoms with E-state index in [9.17, 15) is 9.59 Å². The molecule has 0 spiro atoms. The number of hydrogen-bond donors (Lipinski definition) is 1. The predicted octanol–water partition coefficient (Wildman–Crippen LogP) is 0.659. The lowest BCUT2D eigenvalue weighted by Gasteiger charge is -2.29. The summed E-state index contributed by atoms with van der Waals surface area (Å²) in [6, 6.07) is 0. The molecule has 2 rings (SSSR count). The molecule has 1 amide bonds. The molecule has 1 aliphatic rings. The zero-order chi connectivity index (χ0) is 12.6. The topological polar surface area (TPSA) is 85.9 Å². The third-order valence-corrected chi connectivity index (χ3v) is 2.84. The molecule has 5 nitrogen and oxygen atoms in total. The summed E-state index contributed by atoms with van der Waals surface area (Å²) >= 11 is 0. The van der Waals surface area contributed by atoms with E-state index in [1.54, 1.807) is 0 Å². The van der Waals surface area contributed by atoms with E-state index in [0.717, 1.165) is 12.1 Å². The van der Waals surface area contributed by atoms with E-state index in [1.165, 1.54) is 6.20 Å². The maximum absolute atomic E-state index is 11.9. The highest BCUT2D eigenvalue weighted by molar-refractivity contribution is 5.98. The van der Waals surface area contributed by atoms with Crippen LogP contribution < -0.4 is 5.73 Å². The van der Waals surface area contributed by atoms with Crippen LogP contribution in [0.25, 0.3) is 0 Å². The van der Waals surface area contributed by atoms with Gasteiger partial charge in [0.2, 0.25) is 5.91 Å². The standard InChI is InChI=1S/C12H15N3O2/c1-12(2)4-8-7(9(16)5-12)6-14-11(15-8)3-10(13)17/h6H,3-5H2,1-2H3,(H2,13,17). The Balaban J connectivity index is 2.38. The summed E-state index contributed by atoms with van der Waals surface area (Å²) in [7, 11) is 0. The van der Waals surface area contributed by atoms with Gasteiger partial charge in [-0.25, -0.2) is 9.97 Å². The van der Waals surface area contributed by atoms with Gasteiger partial charge in [0.15, 0.2) is 5.78 Å². The maximum Gasteiger partial charge on any atom is 0.225 e. The van der Waals surface area contributed by atoms with Crippen LogP contribution in [0.1, 0.15) is 42.1 Å². The summed E-state index contributed by atoms with van der Waals surface area (Å²) in [5, 5.41) is 0. The molecular weight excluding hydrogens is 218 g/mol. The van der Waals surface area contributed by atoms with Crippen LogP contribution in [0.3, 0.4) is 0 Å². The Kier molecular flexibility index (Phi) is 2.69. The predicted molar refractivity (Wildman–Crippen MR) is 61.4 cm³/mol. The molecule has 0 aromatic carbocycles. The minimum absolute atomic E-state index is 0.0158. The highest BCUT2D eigenvalue weighted by Gasteiger charge is 2.32. The highest BCUT2D eigenvalue weighted by Crippen LogP contribution is 2.33. The molecule has 0 saturated carbocycles. The number of hydrogen-bond acceptors (Lipinski definition) is 4. The van der Waals surface area contributed by atoms with Gasteiger partial charge < -0.3 is 5.73 Å². The monoisotopic (exact) mass is 233 g/mol. The number of nitrogens with two attached hydrogens (primary N) is 1. The van der Waals surface area contributed by atoms with Crippen LogP contribution in [0.5, 0.6) is 0 Å². The van der Waals surface area contributed by atoms with E-state index in [2.05, 4.69) is 9.97 Å². The van der Waals surface area contributed by atoms with E-state index in [0.29, 0.717) is 17.8 Å². The molecule has 0 saturated heterocycles. The lowest BCUT2D eigenvalue weighted by Crippen LogP contribution is -2.29. The van der Waals surface area contributed by atoms with Crippen LogP contribution in [-0.2, 0) is 17.6 Å². The fraction of sp³-hybridized carbons (Fsp3) is 0.500. The molecule has 1 aromatic heterocycles. The second-order valence-corrected chi connectivity index (χ2v) is 5.23. The van der Waals surface area contributed by atoms with Crippen molar-refractivity contribution >= 4 is 11.7 Å². The first-order valence-corrected chi connectivity index (χ1v) is 5.54. The van der Waals surface area contributed by atoms with E-state index >= 15 is 0 Å². The SMILES string of the molecule is CC1(C)CC(=O)c2cnc(CC(N)=O)nc2C1. The van der Waals surface area contributed by atoms with Crippen molar-refractivity contribution in [3.63, 3.8) is 0 Å². The molecule has 1 aromatic rings. The number of nitrogens with zero attached hydrogens (tertiary/aromatic N) is 2. The van der Waals surface area contributed by atoms with E-state index < -0.39 is 5.91 Å². The Hall–Kier alpha value is -1.78. The Morgan fingerprint density at radius 2 is 2.18 bits per heavy atom. The molecule has 0 atom stereocenters. The lowest BCUT2D eigenvalue weighted by atomic mass is 9.76. The molecule has 0 radical (unpaired) electrons. The van der Waals surface area contributed by atoms with E-state index in [1.807, 2.05) is 13.8 Å². The lowest BCUT2D eigenvalue weighted by molar-refractivity contribution is -0.117. The molecule has 0 bridgehead atoms. The fourth-order valence-electron chi connectivity index (χ4n) is 2.11. The number of amides is 1. The van der Waals surface area contributed by atoms with Gasteiger partial charge in [-0.2, -0.15) is 0 Å². The van der Waals surface area contributed by atoms with Crippen LogP contribution >= 0.6 is 0 Å². The summed E-state index contributed by atoms with van der Waals surface area (Å²) in [5.41, 5.74) is 6.33. The van der Waals surface area contributed by atoms with Gasteiger partial charge in [-0.05, 0) is 11.8 Å². The molecule has 1 heterocycles. The Morgan fingerprint density at radius 1 is 1.47 bits per heavy atom. The second kappa shape index (κ2) is 3.91. The van der Waals surface area contributed by atoms with Gasteiger partial charge in [-0.15, -0.1) is 0 Å². The van der Waals surface area contributed by atoms with Crippen molar-refractivity contribution in [1.29, 1.82) is 0 Å². The minimum Gasteiger partial charge on any atom is -0.369 e. The minimum atomic E-state index is -0.466. The smallest absolute Gasteiger partial charge is 0.225 e. The van der Waals surface area contributed by atoms with E-state index in [-0.39, 0.29) is 17.6 Å². The van der Waals surface area contributed by atoms with Crippen molar-refractivity contribution < 1.29 is 9.59 Å². The van der Waals surface area contributed by atoms with Gasteiger partial charge in [0.25, 0.3) is 0 Å². The average molecular weight is 233 g/mol. The van der Waals surface area contributed by atoms with Crippen LogP contribution in [-0.4, -0.2) is 21.7 Å². The van der Waals surface area contributed by atoms with Crippen molar-refractivity contribution in [3.8, 4) is 0 Å².